The molecule has 4 rings (SSSR count). The van der Waals surface area contributed by atoms with Crippen molar-refractivity contribution in [1.82, 2.24) is 0 Å². The monoisotopic (exact) mass is 574 g/mol. The van der Waals surface area contributed by atoms with E-state index in [4.69, 9.17) is 0 Å². The third-order valence-corrected chi connectivity index (χ3v) is 4.94. The van der Waals surface area contributed by atoms with Gasteiger partial charge in [-0.05, 0) is 22.3 Å². The van der Waals surface area contributed by atoms with E-state index in [2.05, 4.69) is 27.7 Å². The summed E-state index contributed by atoms with van der Waals surface area (Å²) in [4.78, 5) is 0. The van der Waals surface area contributed by atoms with Crippen molar-refractivity contribution in [1.29, 1.82) is 0 Å². The van der Waals surface area contributed by atoms with Gasteiger partial charge in [0, 0.05) is 0 Å². The van der Waals surface area contributed by atoms with Crippen LogP contribution in [0.25, 0.3) is 22.3 Å². The van der Waals surface area contributed by atoms with Gasteiger partial charge in [0.25, 0.3) is 0 Å². The van der Waals surface area contributed by atoms with Crippen molar-refractivity contribution < 1.29 is 10.2 Å². The maximum absolute atomic E-state index is 11.4. The van der Waals surface area contributed by atoms with Crippen LogP contribution in [0, 0.1) is 0 Å². The summed E-state index contributed by atoms with van der Waals surface area (Å²) >= 11 is 0. The Balaban J connectivity index is 0.000000499. The van der Waals surface area contributed by atoms with E-state index >= 15 is 0 Å². The minimum atomic E-state index is 0. The van der Waals surface area contributed by atoms with Crippen LogP contribution < -0.4 is 10.2 Å². The van der Waals surface area contributed by atoms with Crippen molar-refractivity contribution in [3.63, 3.8) is 0 Å². The molecule has 0 saturated heterocycles. The summed E-state index contributed by atoms with van der Waals surface area (Å²) in [6.07, 6.45) is 5.28. The van der Waals surface area contributed by atoms with Crippen molar-refractivity contribution >= 4 is 23.9 Å². The fraction of sp³-hybridized carbons (Fsp3) is 0.250. The van der Waals surface area contributed by atoms with Gasteiger partial charge in [0.1, 0.15) is 0 Å². The fourth-order valence-corrected chi connectivity index (χ4v) is 2.65. The molecule has 0 fully saturated rings. The van der Waals surface area contributed by atoms with E-state index in [9.17, 15) is 10.2 Å². The minimum absolute atomic E-state index is 0. The average Bonchev–Trinajstić information content (AvgIpc) is 2.91. The molecule has 4 aromatic rings. The van der Waals surface area contributed by atoms with Crippen LogP contribution in [0.1, 0.15) is 53.4 Å². The normalized spacial score (nSPS) is 9.03. The van der Waals surface area contributed by atoms with E-state index in [1.165, 1.54) is 25.7 Å². The molecule has 0 amide bonds. The van der Waals surface area contributed by atoms with Gasteiger partial charge in [-0.15, -0.1) is 11.5 Å². The summed E-state index contributed by atoms with van der Waals surface area (Å²) in [7, 11) is 0. The largest absolute Gasteiger partial charge is 2.00 e. The molecule has 182 valence electrons. The molecular formula is C32H38O2Sn. The van der Waals surface area contributed by atoms with Gasteiger partial charge in [-0.25, -0.2) is 0 Å². The molecule has 2 nitrogen and oxygen atoms in total. The zero-order valence-corrected chi connectivity index (χ0v) is 24.4. The molecule has 0 N–H and O–H groups in total. The molecular weight excluding hydrogens is 535 g/mol. The second-order valence-electron chi connectivity index (χ2n) is 7.72. The van der Waals surface area contributed by atoms with E-state index in [1.807, 2.05) is 84.9 Å². The Bertz CT molecular complexity index is 929. The van der Waals surface area contributed by atoms with E-state index in [-0.39, 0.29) is 35.4 Å². The number of hydrogen-bond donors (Lipinski definition) is 0. The molecule has 0 atom stereocenters. The predicted molar refractivity (Wildman–Crippen MR) is 150 cm³/mol. The SMILES string of the molecule is CCCC.CCCC.[O-]c1ccccc1-c1ccccc1.[O-]c1ccccc1-c1ccccc1.[Sn+2]. The van der Waals surface area contributed by atoms with Gasteiger partial charge < -0.3 is 10.2 Å². The topological polar surface area (TPSA) is 46.1 Å². The van der Waals surface area contributed by atoms with Crippen molar-refractivity contribution in [2.45, 2.75) is 53.4 Å². The van der Waals surface area contributed by atoms with E-state index in [1.54, 1.807) is 24.3 Å². The Morgan fingerprint density at radius 3 is 0.914 bits per heavy atom. The van der Waals surface area contributed by atoms with Gasteiger partial charge in [0.15, 0.2) is 0 Å². The Kier molecular flexibility index (Phi) is 19.0. The summed E-state index contributed by atoms with van der Waals surface area (Å²) in [6.45, 7) is 8.72. The first-order valence-corrected chi connectivity index (χ1v) is 12.2. The molecule has 0 spiro atoms. The molecule has 0 saturated carbocycles. The molecule has 0 aliphatic heterocycles. The van der Waals surface area contributed by atoms with Gasteiger partial charge in [-0.1, -0.05) is 163 Å². The van der Waals surface area contributed by atoms with Crippen LogP contribution in [0.4, 0.5) is 0 Å². The third kappa shape index (κ3) is 13.1. The standard InChI is InChI=1S/2C12H10O.2C4H10.Sn/c2*13-12-9-5-4-8-11(12)10-6-2-1-3-7-10;2*1-3-4-2;/h2*1-9,13H;2*3-4H2,1-2H3;/q;;;;+2/p-2. The molecule has 0 unspecified atom stereocenters. The quantitative estimate of drug-likeness (QED) is 0.232. The molecule has 0 aliphatic rings. The molecule has 35 heavy (non-hydrogen) atoms. The van der Waals surface area contributed by atoms with Gasteiger partial charge in [0.05, 0.1) is 0 Å². The van der Waals surface area contributed by atoms with Crippen LogP contribution in [0.3, 0.4) is 0 Å². The molecule has 0 heterocycles. The average molecular weight is 573 g/mol. The second-order valence-corrected chi connectivity index (χ2v) is 7.72. The van der Waals surface area contributed by atoms with Crippen LogP contribution in [-0.2, 0) is 0 Å². The van der Waals surface area contributed by atoms with Gasteiger partial charge in [0.2, 0.25) is 0 Å². The molecule has 2 radical (unpaired) electrons. The van der Waals surface area contributed by atoms with E-state index in [0.717, 1.165) is 22.3 Å². The van der Waals surface area contributed by atoms with Crippen molar-refractivity contribution in [2.24, 2.45) is 0 Å². The van der Waals surface area contributed by atoms with Crippen molar-refractivity contribution in [3.8, 4) is 33.8 Å². The second kappa shape index (κ2) is 20.6. The van der Waals surface area contributed by atoms with Crippen LogP contribution in [0.15, 0.2) is 109 Å². The first kappa shape index (κ1) is 32.3. The zero-order valence-electron chi connectivity index (χ0n) is 21.5. The predicted octanol–water partition coefficient (Wildman–Crippen LogP) is 8.09. The maximum Gasteiger partial charge on any atom is 2.00 e. The Labute approximate surface area is 229 Å². The Morgan fingerprint density at radius 2 is 0.657 bits per heavy atom. The van der Waals surface area contributed by atoms with Crippen LogP contribution in [0.2, 0.25) is 0 Å². The molecule has 0 aromatic heterocycles. The molecule has 3 heteroatoms. The third-order valence-electron chi connectivity index (χ3n) is 4.94. The fourth-order valence-electron chi connectivity index (χ4n) is 2.65. The Hall–Kier alpha value is -2.72. The smallest absolute Gasteiger partial charge is 0.872 e. The Morgan fingerprint density at radius 1 is 0.400 bits per heavy atom. The summed E-state index contributed by atoms with van der Waals surface area (Å²) in [6, 6.07) is 33.5. The van der Waals surface area contributed by atoms with Gasteiger partial charge in [-0.3, -0.25) is 0 Å². The van der Waals surface area contributed by atoms with E-state index < -0.39 is 0 Å². The van der Waals surface area contributed by atoms with Crippen molar-refractivity contribution in [2.75, 3.05) is 0 Å². The first-order chi connectivity index (χ1) is 16.6. The number of benzene rings is 4. The van der Waals surface area contributed by atoms with Crippen molar-refractivity contribution in [3.05, 3.63) is 109 Å². The minimum Gasteiger partial charge on any atom is -0.872 e. The number of rotatable bonds is 4. The van der Waals surface area contributed by atoms with Crippen LogP contribution in [0.5, 0.6) is 11.5 Å². The summed E-state index contributed by atoms with van der Waals surface area (Å²) in [5.41, 5.74) is 3.49. The number of unbranched alkanes of at least 4 members (excludes halogenated alkanes) is 2. The zero-order chi connectivity index (χ0) is 25.0. The number of hydrogen-bond acceptors (Lipinski definition) is 2. The van der Waals surface area contributed by atoms with Crippen LogP contribution in [-0.4, -0.2) is 23.9 Å². The van der Waals surface area contributed by atoms with Gasteiger partial charge in [-0.2, -0.15) is 0 Å². The summed E-state index contributed by atoms with van der Waals surface area (Å²) in [5, 5.41) is 22.8. The maximum atomic E-state index is 11.4. The molecule has 4 aromatic carbocycles. The van der Waals surface area contributed by atoms with E-state index in [0.29, 0.717) is 0 Å². The van der Waals surface area contributed by atoms with Gasteiger partial charge >= 0.3 is 23.9 Å². The number of para-hydroxylation sites is 2. The summed E-state index contributed by atoms with van der Waals surface area (Å²) in [5.74, 6) is 0.155. The first-order valence-electron chi connectivity index (χ1n) is 12.2. The summed E-state index contributed by atoms with van der Waals surface area (Å²) < 4.78 is 0. The molecule has 0 aliphatic carbocycles. The molecule has 0 bridgehead atoms. The van der Waals surface area contributed by atoms with Crippen LogP contribution >= 0.6 is 0 Å².